The van der Waals surface area contributed by atoms with Crippen molar-refractivity contribution < 1.29 is 4.39 Å². The molecule has 0 unspecified atom stereocenters. The van der Waals surface area contributed by atoms with Crippen molar-refractivity contribution in [2.24, 2.45) is 4.99 Å². The van der Waals surface area contributed by atoms with E-state index in [9.17, 15) is 4.39 Å². The Morgan fingerprint density at radius 3 is 2.65 bits per heavy atom. The van der Waals surface area contributed by atoms with Gasteiger partial charge < -0.3 is 15.2 Å². The minimum absolute atomic E-state index is 0.275. The van der Waals surface area contributed by atoms with Crippen LogP contribution in [0.15, 0.2) is 47.0 Å². The second-order valence-electron chi connectivity index (χ2n) is 5.94. The summed E-state index contributed by atoms with van der Waals surface area (Å²) in [7, 11) is 1.72. The Kier molecular flexibility index (Phi) is 5.68. The molecule has 3 rings (SSSR count). The summed E-state index contributed by atoms with van der Waals surface area (Å²) in [6.45, 7) is 5.15. The maximum atomic E-state index is 14.5. The maximum Gasteiger partial charge on any atom is 0.191 e. The van der Waals surface area contributed by atoms with Crippen LogP contribution in [0.4, 0.5) is 4.39 Å². The van der Waals surface area contributed by atoms with Gasteiger partial charge in [0, 0.05) is 30.9 Å². The Morgan fingerprint density at radius 1 is 1.23 bits per heavy atom. The molecule has 7 heteroatoms. The third-order valence-electron chi connectivity index (χ3n) is 4.17. The van der Waals surface area contributed by atoms with Crippen LogP contribution in [0, 0.1) is 19.7 Å². The highest BCUT2D eigenvalue weighted by Gasteiger charge is 2.08. The number of aryl methyl sites for hydroxylation is 2. The van der Waals surface area contributed by atoms with E-state index in [1.165, 1.54) is 10.4 Å². The van der Waals surface area contributed by atoms with Crippen molar-refractivity contribution in [3.05, 3.63) is 69.7 Å². The van der Waals surface area contributed by atoms with Crippen LogP contribution in [0.2, 0.25) is 0 Å². The van der Waals surface area contributed by atoms with Crippen molar-refractivity contribution in [2.45, 2.75) is 26.9 Å². The molecule has 2 aromatic heterocycles. The Labute approximate surface area is 156 Å². The minimum atomic E-state index is -0.275. The predicted molar refractivity (Wildman–Crippen MR) is 104 cm³/mol. The largest absolute Gasteiger partial charge is 0.352 e. The number of nitrogens with zero attached hydrogens (tertiary/aromatic N) is 3. The lowest BCUT2D eigenvalue weighted by atomic mass is 10.2. The van der Waals surface area contributed by atoms with Crippen molar-refractivity contribution in [3.8, 4) is 5.69 Å². The predicted octanol–water partition coefficient (Wildman–Crippen LogP) is 3.55. The van der Waals surface area contributed by atoms with Crippen LogP contribution in [0.3, 0.4) is 0 Å². The van der Waals surface area contributed by atoms with Gasteiger partial charge in [-0.2, -0.15) is 0 Å². The fourth-order valence-electron chi connectivity index (χ4n) is 2.64. The molecule has 2 heterocycles. The average molecular weight is 371 g/mol. The number of hydrogen-bond acceptors (Lipinski definition) is 3. The van der Waals surface area contributed by atoms with E-state index in [2.05, 4.69) is 39.0 Å². The van der Waals surface area contributed by atoms with Gasteiger partial charge >= 0.3 is 0 Å². The third-order valence-corrected chi connectivity index (χ3v) is 5.19. The first-order valence-electron chi connectivity index (χ1n) is 8.34. The van der Waals surface area contributed by atoms with Gasteiger partial charge in [0.2, 0.25) is 0 Å². The van der Waals surface area contributed by atoms with Crippen molar-refractivity contribution in [1.29, 1.82) is 0 Å². The zero-order valence-corrected chi connectivity index (χ0v) is 15.9. The number of rotatable bonds is 5. The number of imidazole rings is 1. The molecule has 3 aromatic rings. The highest BCUT2D eigenvalue weighted by Crippen LogP contribution is 2.17. The van der Waals surface area contributed by atoms with E-state index in [-0.39, 0.29) is 5.82 Å². The van der Waals surface area contributed by atoms with Crippen LogP contribution >= 0.6 is 11.3 Å². The van der Waals surface area contributed by atoms with Gasteiger partial charge in [-0.15, -0.1) is 11.3 Å². The van der Waals surface area contributed by atoms with Crippen LogP contribution in [0.1, 0.15) is 21.8 Å². The highest BCUT2D eigenvalue weighted by molar-refractivity contribution is 7.10. The van der Waals surface area contributed by atoms with E-state index in [0.717, 1.165) is 17.9 Å². The molecule has 136 valence electrons. The van der Waals surface area contributed by atoms with E-state index in [1.807, 2.05) is 13.0 Å². The summed E-state index contributed by atoms with van der Waals surface area (Å²) < 4.78 is 16.2. The zero-order valence-electron chi connectivity index (χ0n) is 15.1. The average Bonchev–Trinajstić information content (AvgIpc) is 3.23. The number of guanidine groups is 1. The first kappa shape index (κ1) is 18.1. The van der Waals surface area contributed by atoms with Crippen LogP contribution in [0.25, 0.3) is 5.69 Å². The SMILES string of the molecule is CN=C(NCc1ccc(-n2ccnc2C)c(F)c1)NCc1sccc1C. The molecule has 0 radical (unpaired) electrons. The van der Waals surface area contributed by atoms with Gasteiger partial charge in [-0.05, 0) is 48.6 Å². The van der Waals surface area contributed by atoms with E-state index in [4.69, 9.17) is 0 Å². The topological polar surface area (TPSA) is 54.2 Å². The zero-order chi connectivity index (χ0) is 18.5. The Balaban J connectivity index is 1.61. The molecule has 0 spiro atoms. The fraction of sp³-hybridized carbons (Fsp3) is 0.263. The molecule has 0 saturated carbocycles. The quantitative estimate of drug-likeness (QED) is 0.533. The van der Waals surface area contributed by atoms with Gasteiger partial charge in [-0.1, -0.05) is 6.07 Å². The van der Waals surface area contributed by atoms with Gasteiger partial charge in [-0.25, -0.2) is 9.37 Å². The number of thiophene rings is 1. The molecule has 0 amide bonds. The number of hydrogen-bond donors (Lipinski definition) is 2. The van der Waals surface area contributed by atoms with Crippen LogP contribution < -0.4 is 10.6 Å². The van der Waals surface area contributed by atoms with Gasteiger partial charge in [0.15, 0.2) is 5.96 Å². The number of halogens is 1. The van der Waals surface area contributed by atoms with Gasteiger partial charge in [0.25, 0.3) is 0 Å². The molecule has 0 aliphatic rings. The van der Waals surface area contributed by atoms with Crippen molar-refractivity contribution in [1.82, 2.24) is 20.2 Å². The molecule has 0 bridgehead atoms. The lowest BCUT2D eigenvalue weighted by Gasteiger charge is -2.13. The normalized spacial score (nSPS) is 11.6. The summed E-state index contributed by atoms with van der Waals surface area (Å²) in [6, 6.07) is 7.32. The van der Waals surface area contributed by atoms with E-state index < -0.39 is 0 Å². The molecule has 0 aliphatic carbocycles. The second-order valence-corrected chi connectivity index (χ2v) is 6.94. The van der Waals surface area contributed by atoms with E-state index in [1.54, 1.807) is 47.5 Å². The molecule has 2 N–H and O–H groups in total. The van der Waals surface area contributed by atoms with Crippen LogP contribution in [-0.4, -0.2) is 22.6 Å². The first-order chi connectivity index (χ1) is 12.6. The van der Waals surface area contributed by atoms with Gasteiger partial charge in [-0.3, -0.25) is 4.99 Å². The number of aromatic nitrogens is 2. The number of nitrogens with one attached hydrogen (secondary N) is 2. The molecule has 1 aromatic carbocycles. The second kappa shape index (κ2) is 8.14. The Hall–Kier alpha value is -2.67. The standard InChI is InChI=1S/C19H22FN5S/c1-13-6-9-26-18(13)12-24-19(21-3)23-11-15-4-5-17(16(20)10-15)25-8-7-22-14(25)2/h4-10H,11-12H2,1-3H3,(H2,21,23,24). The summed E-state index contributed by atoms with van der Waals surface area (Å²) in [4.78, 5) is 9.63. The van der Waals surface area contributed by atoms with Gasteiger partial charge in [0.05, 0.1) is 12.2 Å². The van der Waals surface area contributed by atoms with Crippen LogP contribution in [-0.2, 0) is 13.1 Å². The molecule has 26 heavy (non-hydrogen) atoms. The molecule has 0 aliphatic heterocycles. The van der Waals surface area contributed by atoms with Gasteiger partial charge in [0.1, 0.15) is 11.6 Å². The maximum absolute atomic E-state index is 14.5. The summed E-state index contributed by atoms with van der Waals surface area (Å²) in [5.74, 6) is 1.17. The third kappa shape index (κ3) is 4.11. The van der Waals surface area contributed by atoms with Crippen LogP contribution in [0.5, 0.6) is 0 Å². The minimum Gasteiger partial charge on any atom is -0.352 e. The monoisotopic (exact) mass is 371 g/mol. The molecular weight excluding hydrogens is 349 g/mol. The Morgan fingerprint density at radius 2 is 2.04 bits per heavy atom. The number of aliphatic imine (C=N–C) groups is 1. The number of benzene rings is 1. The molecule has 0 saturated heterocycles. The Bertz CT molecular complexity index is 912. The van der Waals surface area contributed by atoms with Crippen molar-refractivity contribution >= 4 is 17.3 Å². The summed E-state index contributed by atoms with van der Waals surface area (Å²) in [5, 5.41) is 8.58. The molecule has 0 fully saturated rings. The van der Waals surface area contributed by atoms with E-state index in [0.29, 0.717) is 18.2 Å². The molecular formula is C19H22FN5S. The van der Waals surface area contributed by atoms with E-state index >= 15 is 0 Å². The first-order valence-corrected chi connectivity index (χ1v) is 9.22. The van der Waals surface area contributed by atoms with Crippen molar-refractivity contribution in [3.63, 3.8) is 0 Å². The summed E-state index contributed by atoms with van der Waals surface area (Å²) in [5.41, 5.74) is 2.61. The lowest BCUT2D eigenvalue weighted by Crippen LogP contribution is -2.36. The molecule has 5 nitrogen and oxygen atoms in total. The highest BCUT2D eigenvalue weighted by atomic mass is 32.1. The fourth-order valence-corrected chi connectivity index (χ4v) is 3.49. The summed E-state index contributed by atoms with van der Waals surface area (Å²) in [6.07, 6.45) is 3.42. The lowest BCUT2D eigenvalue weighted by molar-refractivity contribution is 0.613. The smallest absolute Gasteiger partial charge is 0.191 e. The molecule has 0 atom stereocenters. The summed E-state index contributed by atoms with van der Waals surface area (Å²) >= 11 is 1.72. The van der Waals surface area contributed by atoms with Crippen molar-refractivity contribution in [2.75, 3.05) is 7.05 Å².